The van der Waals surface area contributed by atoms with E-state index in [1.807, 2.05) is 0 Å². The van der Waals surface area contributed by atoms with E-state index in [9.17, 15) is 0 Å². The van der Waals surface area contributed by atoms with E-state index >= 15 is 0 Å². The van der Waals surface area contributed by atoms with Crippen LogP contribution in [-0.2, 0) is 0 Å². The van der Waals surface area contributed by atoms with E-state index in [0.29, 0.717) is 0 Å². The third-order valence-corrected chi connectivity index (χ3v) is 7.49. The molecule has 6 aromatic rings. The molecule has 0 aliphatic heterocycles. The quantitative estimate of drug-likeness (QED) is 0.159. The van der Waals surface area contributed by atoms with Crippen LogP contribution in [0.1, 0.15) is 50.2 Å². The van der Waals surface area contributed by atoms with Crippen molar-refractivity contribution in [2.75, 3.05) is 0 Å². The Hall–Kier alpha value is -4.58. The lowest BCUT2D eigenvalue weighted by molar-refractivity contribution is 0.802. The smallest absolute Gasteiger partial charge is 0.115 e. The fourth-order valence-electron chi connectivity index (χ4n) is 5.15. The van der Waals surface area contributed by atoms with Crippen molar-refractivity contribution in [1.82, 2.24) is 19.9 Å². The Bertz CT molecular complexity index is 1680. The number of hydrogen-bond acceptors (Lipinski definition) is 4. The predicted octanol–water partition coefficient (Wildman–Crippen LogP) is 8.21. The summed E-state index contributed by atoms with van der Waals surface area (Å²) in [5.74, 6) is 1.73. The number of fused-ring (bicyclic) bond motifs is 3. The van der Waals surface area contributed by atoms with Gasteiger partial charge >= 0.3 is 0 Å². The van der Waals surface area contributed by atoms with Gasteiger partial charge in [0, 0.05) is 12.4 Å². The molecule has 6 rings (SSSR count). The maximum Gasteiger partial charge on any atom is 0.115 e. The zero-order chi connectivity index (χ0) is 26.2. The number of aromatic nitrogens is 4. The van der Waals surface area contributed by atoms with Gasteiger partial charge in [0.25, 0.3) is 0 Å². The largest absolute Gasteiger partial charge is 0.341 e. The van der Waals surface area contributed by atoms with Crippen LogP contribution in [-0.4, -0.2) is 32.4 Å². The van der Waals surface area contributed by atoms with Crippen LogP contribution in [0.5, 0.6) is 0 Å². The molecule has 0 spiro atoms. The molecule has 4 aromatic carbocycles. The lowest BCUT2D eigenvalue weighted by atomic mass is 9.97. The van der Waals surface area contributed by atoms with Crippen LogP contribution in [0.3, 0.4) is 0 Å². The first kappa shape index (κ1) is 23.8. The van der Waals surface area contributed by atoms with E-state index in [-0.39, 0.29) is 11.8 Å². The SMILES string of the molecule is CC[C@@H](C=N)c1nc2cc(-c3ccc4ccc(-c5ccc6nc([C@H](C=N)CC)[nH]c6c5)cc4c3)ccc2[nH]1. The highest BCUT2D eigenvalue weighted by Gasteiger charge is 2.14. The van der Waals surface area contributed by atoms with Crippen LogP contribution in [0, 0.1) is 10.8 Å². The van der Waals surface area contributed by atoms with Gasteiger partial charge in [-0.25, -0.2) is 9.97 Å². The van der Waals surface area contributed by atoms with Crippen LogP contribution in [0.15, 0.2) is 72.8 Å². The van der Waals surface area contributed by atoms with E-state index in [0.717, 1.165) is 68.8 Å². The molecule has 0 unspecified atom stereocenters. The van der Waals surface area contributed by atoms with E-state index in [4.69, 9.17) is 20.8 Å². The van der Waals surface area contributed by atoms with Crippen molar-refractivity contribution in [2.24, 2.45) is 0 Å². The Morgan fingerprint density at radius 2 is 1.13 bits per heavy atom. The second-order valence-corrected chi connectivity index (χ2v) is 9.85. The molecule has 2 atom stereocenters. The summed E-state index contributed by atoms with van der Waals surface area (Å²) in [4.78, 5) is 16.3. The lowest BCUT2D eigenvalue weighted by Gasteiger charge is -2.08. The van der Waals surface area contributed by atoms with E-state index in [1.165, 1.54) is 23.2 Å². The molecule has 0 saturated heterocycles. The highest BCUT2D eigenvalue weighted by molar-refractivity contribution is 5.93. The molecular formula is C32H30N6. The summed E-state index contributed by atoms with van der Waals surface area (Å²) in [6.07, 6.45) is 4.61. The minimum Gasteiger partial charge on any atom is -0.341 e. The van der Waals surface area contributed by atoms with Gasteiger partial charge in [0.05, 0.1) is 33.9 Å². The molecule has 0 aliphatic carbocycles. The van der Waals surface area contributed by atoms with Crippen molar-refractivity contribution < 1.29 is 0 Å². The minimum absolute atomic E-state index is 0.0151. The van der Waals surface area contributed by atoms with Gasteiger partial charge in [-0.15, -0.1) is 0 Å². The summed E-state index contributed by atoms with van der Waals surface area (Å²) < 4.78 is 0. The second kappa shape index (κ2) is 9.71. The van der Waals surface area contributed by atoms with Gasteiger partial charge in [-0.05, 0) is 82.3 Å². The molecular weight excluding hydrogens is 468 g/mol. The van der Waals surface area contributed by atoms with Crippen molar-refractivity contribution in [3.8, 4) is 22.3 Å². The number of H-pyrrole nitrogens is 2. The van der Waals surface area contributed by atoms with Crippen LogP contribution >= 0.6 is 0 Å². The number of imidazole rings is 2. The number of hydrogen-bond donors (Lipinski definition) is 4. The maximum absolute atomic E-state index is 7.68. The first-order chi connectivity index (χ1) is 18.6. The van der Waals surface area contributed by atoms with Crippen molar-refractivity contribution in [2.45, 2.75) is 38.5 Å². The summed E-state index contributed by atoms with van der Waals surface area (Å²) in [5, 5.41) is 17.7. The van der Waals surface area contributed by atoms with Crippen molar-refractivity contribution >= 4 is 45.3 Å². The highest BCUT2D eigenvalue weighted by Crippen LogP contribution is 2.32. The number of nitrogens with one attached hydrogen (secondary N) is 4. The molecule has 188 valence electrons. The second-order valence-electron chi connectivity index (χ2n) is 9.85. The van der Waals surface area contributed by atoms with Gasteiger partial charge < -0.3 is 20.8 Å². The van der Waals surface area contributed by atoms with Crippen molar-refractivity contribution in [3.63, 3.8) is 0 Å². The average Bonchev–Trinajstić information content (AvgIpc) is 3.57. The topological polar surface area (TPSA) is 105 Å². The fourth-order valence-corrected chi connectivity index (χ4v) is 5.15. The fraction of sp³-hybridized carbons (Fsp3) is 0.188. The van der Waals surface area contributed by atoms with E-state index < -0.39 is 0 Å². The Kier molecular flexibility index (Phi) is 6.08. The molecule has 0 aliphatic rings. The molecule has 0 saturated carbocycles. The number of rotatable bonds is 8. The molecule has 6 nitrogen and oxygen atoms in total. The number of aromatic amines is 2. The Morgan fingerprint density at radius 3 is 1.76 bits per heavy atom. The van der Waals surface area contributed by atoms with Crippen LogP contribution in [0.4, 0.5) is 0 Å². The molecule has 2 heterocycles. The van der Waals surface area contributed by atoms with Gasteiger partial charge in [-0.1, -0.05) is 50.2 Å². The zero-order valence-electron chi connectivity index (χ0n) is 21.5. The molecule has 0 fully saturated rings. The number of nitrogens with zero attached hydrogens (tertiary/aromatic N) is 2. The monoisotopic (exact) mass is 498 g/mol. The maximum atomic E-state index is 7.68. The third kappa shape index (κ3) is 4.18. The van der Waals surface area contributed by atoms with E-state index in [1.54, 1.807) is 0 Å². The molecule has 0 radical (unpaired) electrons. The lowest BCUT2D eigenvalue weighted by Crippen LogP contribution is -1.99. The molecule has 0 bridgehead atoms. The minimum atomic E-state index is 0.0151. The first-order valence-corrected chi connectivity index (χ1v) is 13.1. The highest BCUT2D eigenvalue weighted by atomic mass is 14.9. The summed E-state index contributed by atoms with van der Waals surface area (Å²) in [6.45, 7) is 4.14. The van der Waals surface area contributed by atoms with Crippen LogP contribution < -0.4 is 0 Å². The van der Waals surface area contributed by atoms with E-state index in [2.05, 4.69) is 96.6 Å². The standard InChI is InChI=1S/C32H30N6/c1-3-19(17-33)31-35-27-11-9-24(15-29(27)37-31)22-7-5-21-6-8-23(14-26(21)13-22)25-10-12-28-30(16-25)38-32(36-28)20(4-2)18-34/h5-20,33-34H,3-4H2,1-2H3,(H,35,37)(H,36,38)/t19-,20-/m0/s1. The molecule has 4 N–H and O–H groups in total. The van der Waals surface area contributed by atoms with Gasteiger partial charge in [0.2, 0.25) is 0 Å². The zero-order valence-corrected chi connectivity index (χ0v) is 21.5. The normalized spacial score (nSPS) is 13.2. The average molecular weight is 499 g/mol. The molecule has 0 amide bonds. The summed E-state index contributed by atoms with van der Waals surface area (Å²) in [7, 11) is 0. The first-order valence-electron chi connectivity index (χ1n) is 13.1. The van der Waals surface area contributed by atoms with Crippen LogP contribution in [0.25, 0.3) is 55.1 Å². The summed E-state index contributed by atoms with van der Waals surface area (Å²) in [6, 6.07) is 25.8. The Labute approximate surface area is 221 Å². The summed E-state index contributed by atoms with van der Waals surface area (Å²) >= 11 is 0. The third-order valence-electron chi connectivity index (χ3n) is 7.49. The molecule has 2 aromatic heterocycles. The Balaban J connectivity index is 1.36. The van der Waals surface area contributed by atoms with Gasteiger partial charge in [-0.3, -0.25) is 0 Å². The molecule has 38 heavy (non-hydrogen) atoms. The summed E-state index contributed by atoms with van der Waals surface area (Å²) in [5.41, 5.74) is 8.38. The van der Waals surface area contributed by atoms with Crippen molar-refractivity contribution in [1.29, 1.82) is 10.8 Å². The van der Waals surface area contributed by atoms with Gasteiger partial charge in [0.1, 0.15) is 11.6 Å². The van der Waals surface area contributed by atoms with Crippen LogP contribution in [0.2, 0.25) is 0 Å². The van der Waals surface area contributed by atoms with Gasteiger partial charge in [-0.2, -0.15) is 0 Å². The predicted molar refractivity (Wildman–Crippen MR) is 158 cm³/mol. The van der Waals surface area contributed by atoms with Gasteiger partial charge in [0.15, 0.2) is 0 Å². The van der Waals surface area contributed by atoms with Crippen molar-refractivity contribution in [3.05, 3.63) is 84.4 Å². The molecule has 6 heteroatoms. The Morgan fingerprint density at radius 1 is 0.605 bits per heavy atom. The number of benzene rings is 4.